The summed E-state index contributed by atoms with van der Waals surface area (Å²) < 4.78 is 11.1. The molecule has 5 heteroatoms. The predicted octanol–water partition coefficient (Wildman–Crippen LogP) is 1.36. The highest BCUT2D eigenvalue weighted by Gasteiger charge is 2.17. The summed E-state index contributed by atoms with van der Waals surface area (Å²) in [6.07, 6.45) is 2.10. The van der Waals surface area contributed by atoms with Crippen molar-refractivity contribution in [2.45, 2.75) is 33.2 Å². The second kappa shape index (κ2) is 6.11. The van der Waals surface area contributed by atoms with Gasteiger partial charge in [0.1, 0.15) is 0 Å². The van der Waals surface area contributed by atoms with Crippen molar-refractivity contribution in [3.8, 4) is 5.88 Å². The number of ether oxygens (including phenoxy) is 2. The number of hydrogen-bond acceptors (Lipinski definition) is 5. The van der Waals surface area contributed by atoms with Gasteiger partial charge in [-0.2, -0.15) is 5.10 Å². The van der Waals surface area contributed by atoms with Gasteiger partial charge < -0.3 is 15.2 Å². The molecule has 1 aromatic heterocycles. The molecule has 0 spiro atoms. The molecule has 1 saturated heterocycles. The monoisotopic (exact) mass is 251 g/mol. The Hall–Kier alpha value is -1.20. The molecule has 2 N–H and O–H groups in total. The van der Waals surface area contributed by atoms with Crippen LogP contribution in [0, 0.1) is 19.8 Å². The molecule has 0 radical (unpaired) electrons. The van der Waals surface area contributed by atoms with E-state index in [9.17, 15) is 0 Å². The van der Waals surface area contributed by atoms with Crippen LogP contribution in [0.5, 0.6) is 5.88 Å². The van der Waals surface area contributed by atoms with E-state index in [1.165, 1.54) is 0 Å². The van der Waals surface area contributed by atoms with E-state index in [4.69, 9.17) is 15.2 Å². The smallest absolute Gasteiger partial charge is 0.238 e. The average molecular weight is 251 g/mol. The molecule has 0 saturated carbocycles. The molecular weight excluding hydrogens is 230 g/mol. The lowest BCUT2D eigenvalue weighted by atomic mass is 10.0. The first kappa shape index (κ1) is 13.2. The van der Waals surface area contributed by atoms with E-state index in [0.29, 0.717) is 24.9 Å². The van der Waals surface area contributed by atoms with E-state index in [-0.39, 0.29) is 0 Å². The molecule has 0 aliphatic carbocycles. The van der Waals surface area contributed by atoms with Gasteiger partial charge in [-0.25, -0.2) is 0 Å². The van der Waals surface area contributed by atoms with E-state index >= 15 is 0 Å². The van der Waals surface area contributed by atoms with E-state index in [0.717, 1.165) is 42.9 Å². The summed E-state index contributed by atoms with van der Waals surface area (Å²) >= 11 is 0. The molecule has 1 fully saturated rings. The highest BCUT2D eigenvalue weighted by molar-refractivity contribution is 5.35. The normalized spacial score (nSPS) is 16.8. The Labute approximate surface area is 108 Å². The quantitative estimate of drug-likeness (QED) is 0.875. The van der Waals surface area contributed by atoms with E-state index < -0.39 is 0 Å². The van der Waals surface area contributed by atoms with Crippen LogP contribution >= 0.6 is 0 Å². The second-order valence-corrected chi connectivity index (χ2v) is 4.76. The fourth-order valence-electron chi connectivity index (χ4n) is 2.10. The Kier molecular flexibility index (Phi) is 4.49. The summed E-state index contributed by atoms with van der Waals surface area (Å²) in [6, 6.07) is 0. The van der Waals surface area contributed by atoms with Gasteiger partial charge >= 0.3 is 0 Å². The topological polar surface area (TPSA) is 70.3 Å². The van der Waals surface area contributed by atoms with Gasteiger partial charge in [0, 0.05) is 25.3 Å². The van der Waals surface area contributed by atoms with Gasteiger partial charge in [0.05, 0.1) is 12.3 Å². The van der Waals surface area contributed by atoms with Crippen LogP contribution in [0.3, 0.4) is 0 Å². The third kappa shape index (κ3) is 2.97. The van der Waals surface area contributed by atoms with Crippen LogP contribution in [-0.2, 0) is 11.3 Å². The number of rotatable bonds is 4. The lowest BCUT2D eigenvalue weighted by molar-refractivity contribution is 0.0487. The maximum atomic E-state index is 5.79. The first-order valence-corrected chi connectivity index (χ1v) is 6.45. The zero-order valence-corrected chi connectivity index (χ0v) is 11.1. The molecule has 1 aliphatic rings. The number of nitrogens with two attached hydrogens (primary N) is 1. The van der Waals surface area contributed by atoms with Crippen LogP contribution in [0.25, 0.3) is 0 Å². The highest BCUT2D eigenvalue weighted by atomic mass is 16.5. The van der Waals surface area contributed by atoms with Crippen molar-refractivity contribution in [2.75, 3.05) is 19.8 Å². The van der Waals surface area contributed by atoms with Gasteiger partial charge in [-0.1, -0.05) is 0 Å². The third-order valence-electron chi connectivity index (χ3n) is 3.55. The molecule has 0 amide bonds. The van der Waals surface area contributed by atoms with Crippen molar-refractivity contribution in [2.24, 2.45) is 11.7 Å². The fraction of sp³-hybridized carbons (Fsp3) is 0.692. The molecule has 0 unspecified atom stereocenters. The predicted molar refractivity (Wildman–Crippen MR) is 68.4 cm³/mol. The number of nitrogens with zero attached hydrogens (tertiary/aromatic N) is 2. The number of aromatic nitrogens is 2. The summed E-state index contributed by atoms with van der Waals surface area (Å²) in [5, 5.41) is 8.21. The molecule has 1 aliphatic heterocycles. The largest absolute Gasteiger partial charge is 0.476 e. The SMILES string of the molecule is Cc1nnc(OCC2CCOCC2)c(CN)c1C. The first-order chi connectivity index (χ1) is 8.72. The molecule has 5 nitrogen and oxygen atoms in total. The molecule has 2 rings (SSSR count). The van der Waals surface area contributed by atoms with Crippen LogP contribution in [0.1, 0.15) is 29.7 Å². The summed E-state index contributed by atoms with van der Waals surface area (Å²) in [5.74, 6) is 1.14. The van der Waals surface area contributed by atoms with Crippen LogP contribution in [0.2, 0.25) is 0 Å². The van der Waals surface area contributed by atoms with Gasteiger partial charge in [0.25, 0.3) is 0 Å². The van der Waals surface area contributed by atoms with E-state index in [1.54, 1.807) is 0 Å². The van der Waals surface area contributed by atoms with E-state index in [2.05, 4.69) is 10.2 Å². The third-order valence-corrected chi connectivity index (χ3v) is 3.55. The Balaban J connectivity index is 2.02. The summed E-state index contributed by atoms with van der Waals surface area (Å²) in [4.78, 5) is 0. The molecule has 2 heterocycles. The number of aryl methyl sites for hydroxylation is 1. The maximum absolute atomic E-state index is 5.79. The van der Waals surface area contributed by atoms with Crippen LogP contribution < -0.4 is 10.5 Å². The number of hydrogen-bond donors (Lipinski definition) is 1. The molecular formula is C13H21N3O2. The Morgan fingerprint density at radius 3 is 2.67 bits per heavy atom. The Bertz CT molecular complexity index is 403. The molecule has 0 atom stereocenters. The van der Waals surface area contributed by atoms with Gasteiger partial charge in [-0.15, -0.1) is 5.10 Å². The fourth-order valence-corrected chi connectivity index (χ4v) is 2.10. The van der Waals surface area contributed by atoms with Gasteiger partial charge in [-0.05, 0) is 38.2 Å². The van der Waals surface area contributed by atoms with Crippen molar-refractivity contribution >= 4 is 0 Å². The summed E-state index contributed by atoms with van der Waals surface area (Å²) in [6.45, 7) is 6.71. The lowest BCUT2D eigenvalue weighted by Crippen LogP contribution is -2.22. The lowest BCUT2D eigenvalue weighted by Gasteiger charge is -2.22. The van der Waals surface area contributed by atoms with Crippen molar-refractivity contribution in [1.82, 2.24) is 10.2 Å². The molecule has 100 valence electrons. The zero-order valence-electron chi connectivity index (χ0n) is 11.1. The highest BCUT2D eigenvalue weighted by Crippen LogP contribution is 2.22. The maximum Gasteiger partial charge on any atom is 0.238 e. The van der Waals surface area contributed by atoms with Gasteiger partial charge in [0.2, 0.25) is 5.88 Å². The van der Waals surface area contributed by atoms with Crippen molar-refractivity contribution in [3.63, 3.8) is 0 Å². The second-order valence-electron chi connectivity index (χ2n) is 4.76. The van der Waals surface area contributed by atoms with Crippen molar-refractivity contribution < 1.29 is 9.47 Å². The Morgan fingerprint density at radius 2 is 2.00 bits per heavy atom. The molecule has 0 bridgehead atoms. The average Bonchev–Trinajstić information content (AvgIpc) is 2.41. The molecule has 18 heavy (non-hydrogen) atoms. The van der Waals surface area contributed by atoms with Crippen molar-refractivity contribution in [1.29, 1.82) is 0 Å². The summed E-state index contributed by atoms with van der Waals surface area (Å²) in [7, 11) is 0. The van der Waals surface area contributed by atoms with Crippen LogP contribution in [0.4, 0.5) is 0 Å². The zero-order chi connectivity index (χ0) is 13.0. The van der Waals surface area contributed by atoms with Crippen molar-refractivity contribution in [3.05, 3.63) is 16.8 Å². The molecule has 1 aromatic rings. The minimum Gasteiger partial charge on any atom is -0.476 e. The summed E-state index contributed by atoms with van der Waals surface area (Å²) in [5.41, 5.74) is 8.72. The van der Waals surface area contributed by atoms with Gasteiger partial charge in [0.15, 0.2) is 0 Å². The van der Waals surface area contributed by atoms with Gasteiger partial charge in [-0.3, -0.25) is 0 Å². The van der Waals surface area contributed by atoms with Crippen LogP contribution in [0.15, 0.2) is 0 Å². The van der Waals surface area contributed by atoms with E-state index in [1.807, 2.05) is 13.8 Å². The van der Waals surface area contributed by atoms with Crippen LogP contribution in [-0.4, -0.2) is 30.0 Å². The Morgan fingerprint density at radius 1 is 1.28 bits per heavy atom. The first-order valence-electron chi connectivity index (χ1n) is 6.45. The minimum atomic E-state index is 0.436. The molecule has 0 aromatic carbocycles. The minimum absolute atomic E-state index is 0.436. The standard InChI is InChI=1S/C13H21N3O2/c1-9-10(2)15-16-13(12(9)7-14)18-8-11-3-5-17-6-4-11/h11H,3-8,14H2,1-2H3.